The number of aliphatic hydroxyl groups is 2. The van der Waals surface area contributed by atoms with Gasteiger partial charge in [0.2, 0.25) is 0 Å². The van der Waals surface area contributed by atoms with E-state index in [1.54, 1.807) is 25.9 Å². The zero-order chi connectivity index (χ0) is 23.5. The first-order chi connectivity index (χ1) is 15.0. The van der Waals surface area contributed by atoms with Gasteiger partial charge in [-0.3, -0.25) is 14.6 Å². The highest BCUT2D eigenvalue weighted by Gasteiger charge is 2.57. The highest BCUT2D eigenvalue weighted by molar-refractivity contribution is 6.00. The maximum absolute atomic E-state index is 14.0. The van der Waals surface area contributed by atoms with Crippen molar-refractivity contribution >= 4 is 11.8 Å². The van der Waals surface area contributed by atoms with Gasteiger partial charge >= 0.3 is 0 Å². The number of nitrogens with zero attached hydrogens (tertiary/aromatic N) is 3. The molecule has 1 aromatic rings. The Bertz CT molecular complexity index is 1070. The second kappa shape index (κ2) is 7.54. The summed E-state index contributed by atoms with van der Waals surface area (Å²) in [6, 6.07) is 2.97. The molecule has 2 unspecified atom stereocenters. The van der Waals surface area contributed by atoms with Crippen molar-refractivity contribution in [3.63, 3.8) is 0 Å². The lowest BCUT2D eigenvalue weighted by Crippen LogP contribution is -2.67. The number of nitrogens with one attached hydrogen (secondary N) is 1. The summed E-state index contributed by atoms with van der Waals surface area (Å²) in [6.45, 7) is 3.36. The number of amides is 2. The van der Waals surface area contributed by atoms with E-state index in [9.17, 15) is 28.6 Å². The minimum absolute atomic E-state index is 0.00880. The van der Waals surface area contributed by atoms with Gasteiger partial charge in [0.25, 0.3) is 11.8 Å². The van der Waals surface area contributed by atoms with E-state index in [1.807, 2.05) is 0 Å². The van der Waals surface area contributed by atoms with Crippen molar-refractivity contribution in [1.29, 1.82) is 0 Å². The molecule has 0 aliphatic carbocycles. The summed E-state index contributed by atoms with van der Waals surface area (Å²) < 4.78 is 32.4. The van der Waals surface area contributed by atoms with Crippen molar-refractivity contribution in [2.45, 2.75) is 38.3 Å². The normalized spacial score (nSPS) is 24.8. The fraction of sp³-hybridized carbons (Fsp3) is 0.429. The molecular weight excluding hydrogens is 426 g/mol. The molecule has 3 aliphatic heterocycles. The number of hydrogen-bond donors (Lipinski definition) is 3. The van der Waals surface area contributed by atoms with E-state index in [0.717, 1.165) is 6.07 Å². The number of likely N-dealkylation sites (N-methyl/N-ethyl adjacent to an activating group) is 1. The second-order valence-corrected chi connectivity index (χ2v) is 8.31. The predicted octanol–water partition coefficient (Wildman–Crippen LogP) is 0.169. The molecule has 11 heteroatoms. The molecule has 172 valence electrons. The summed E-state index contributed by atoms with van der Waals surface area (Å²) in [4.78, 5) is 27.6. The monoisotopic (exact) mass is 450 g/mol. The van der Waals surface area contributed by atoms with Crippen LogP contribution in [0, 0.1) is 11.6 Å². The van der Waals surface area contributed by atoms with Crippen LogP contribution in [-0.4, -0.2) is 75.5 Å². The number of carbonyl (C=O) groups excluding carboxylic acids is 2. The van der Waals surface area contributed by atoms with Crippen LogP contribution in [-0.2, 0) is 20.9 Å². The second-order valence-electron chi connectivity index (χ2n) is 8.31. The summed E-state index contributed by atoms with van der Waals surface area (Å²) in [6.07, 6.45) is -2.81. The van der Waals surface area contributed by atoms with Crippen molar-refractivity contribution < 1.29 is 33.3 Å². The number of hydrazine groups is 1. The molecule has 2 amide bonds. The lowest BCUT2D eigenvalue weighted by atomic mass is 9.95. The molecule has 0 bridgehead atoms. The molecule has 0 saturated carbocycles. The quantitative estimate of drug-likeness (QED) is 0.601. The number of halogens is 2. The predicted molar refractivity (Wildman–Crippen MR) is 107 cm³/mol. The molecule has 0 radical (unpaired) electrons. The van der Waals surface area contributed by atoms with Crippen molar-refractivity contribution in [1.82, 2.24) is 20.2 Å². The SMILES string of the molecule is COC1=C2C(=O)N(C)C(C)(C)N3CC(O)C(=C(C(=O)NCc4ccc(F)cc4F)C1O)N23. The summed E-state index contributed by atoms with van der Waals surface area (Å²) >= 11 is 0. The van der Waals surface area contributed by atoms with Gasteiger partial charge in [-0.2, -0.15) is 5.01 Å². The molecule has 4 rings (SSSR count). The number of aliphatic hydroxyl groups excluding tert-OH is 2. The Hall–Kier alpha value is -3.02. The average Bonchev–Trinajstić information content (AvgIpc) is 3.07. The molecule has 0 aromatic heterocycles. The molecule has 0 spiro atoms. The first kappa shape index (κ1) is 22.2. The minimum atomic E-state index is -1.63. The van der Waals surface area contributed by atoms with Gasteiger partial charge in [-0.05, 0) is 19.9 Å². The molecule has 2 fully saturated rings. The van der Waals surface area contributed by atoms with Crippen LogP contribution in [0.4, 0.5) is 8.78 Å². The number of ether oxygens (including phenoxy) is 1. The van der Waals surface area contributed by atoms with Crippen molar-refractivity contribution in [3.05, 3.63) is 58.1 Å². The van der Waals surface area contributed by atoms with Crippen LogP contribution in [0.1, 0.15) is 19.4 Å². The van der Waals surface area contributed by atoms with Gasteiger partial charge in [0.15, 0.2) is 11.5 Å². The third-order valence-corrected chi connectivity index (χ3v) is 6.25. The van der Waals surface area contributed by atoms with Crippen LogP contribution in [0.2, 0.25) is 0 Å². The molecule has 2 atom stereocenters. The molecule has 3 aliphatic rings. The molecule has 3 N–H and O–H groups in total. The van der Waals surface area contributed by atoms with Gasteiger partial charge in [-0.25, -0.2) is 8.78 Å². The van der Waals surface area contributed by atoms with E-state index in [0.29, 0.717) is 6.07 Å². The van der Waals surface area contributed by atoms with Crippen LogP contribution in [0.25, 0.3) is 0 Å². The Balaban J connectivity index is 1.74. The van der Waals surface area contributed by atoms with Crippen molar-refractivity contribution in [2.24, 2.45) is 0 Å². The Labute approximate surface area is 183 Å². The third kappa shape index (κ3) is 3.07. The van der Waals surface area contributed by atoms with Gasteiger partial charge in [-0.1, -0.05) is 6.07 Å². The lowest BCUT2D eigenvalue weighted by molar-refractivity contribution is -0.172. The van der Waals surface area contributed by atoms with E-state index in [1.165, 1.54) is 23.1 Å². The highest BCUT2D eigenvalue weighted by Crippen LogP contribution is 2.45. The zero-order valence-electron chi connectivity index (χ0n) is 18.0. The van der Waals surface area contributed by atoms with E-state index < -0.39 is 41.3 Å². The smallest absolute Gasteiger partial charge is 0.276 e. The number of methoxy groups -OCH3 is 1. The zero-order valence-corrected chi connectivity index (χ0v) is 18.0. The Morgan fingerprint density at radius 2 is 2.00 bits per heavy atom. The summed E-state index contributed by atoms with van der Waals surface area (Å²) in [7, 11) is 2.86. The van der Waals surface area contributed by atoms with E-state index in [-0.39, 0.29) is 41.4 Å². The Morgan fingerprint density at radius 3 is 2.62 bits per heavy atom. The van der Waals surface area contributed by atoms with Gasteiger partial charge in [-0.15, -0.1) is 0 Å². The standard InChI is InChI=1S/C21H24F2N4O5/c1-21(2)25(3)20(31)16-18(32-4)17(29)14(15-13(28)9-26(21)27(15)16)19(30)24-8-10-5-6-11(22)7-12(10)23/h5-7,13,17,28-29H,8-9H2,1-4H3,(H,24,30). The number of benzene rings is 1. The van der Waals surface area contributed by atoms with E-state index in [2.05, 4.69) is 5.32 Å². The summed E-state index contributed by atoms with van der Waals surface area (Å²) in [5.74, 6) is -2.94. The largest absolute Gasteiger partial charge is 0.495 e. The van der Waals surface area contributed by atoms with Crippen LogP contribution in [0.3, 0.4) is 0 Å². The molecule has 2 saturated heterocycles. The maximum atomic E-state index is 14.0. The lowest BCUT2D eigenvalue weighted by Gasteiger charge is -2.53. The Morgan fingerprint density at radius 1 is 1.31 bits per heavy atom. The van der Waals surface area contributed by atoms with E-state index in [4.69, 9.17) is 4.74 Å². The van der Waals surface area contributed by atoms with Crippen LogP contribution in [0.5, 0.6) is 0 Å². The summed E-state index contributed by atoms with van der Waals surface area (Å²) in [5.41, 5.74) is -0.947. The number of carbonyl (C=O) groups is 2. The molecular formula is C21H24F2N4O5. The van der Waals surface area contributed by atoms with Crippen LogP contribution >= 0.6 is 0 Å². The molecule has 3 heterocycles. The van der Waals surface area contributed by atoms with Crippen LogP contribution in [0.15, 0.2) is 40.9 Å². The number of rotatable bonds is 4. The number of hydrogen-bond acceptors (Lipinski definition) is 7. The fourth-order valence-electron chi connectivity index (χ4n) is 4.27. The van der Waals surface area contributed by atoms with Crippen LogP contribution < -0.4 is 5.32 Å². The van der Waals surface area contributed by atoms with Gasteiger partial charge < -0.3 is 25.2 Å². The minimum Gasteiger partial charge on any atom is -0.495 e. The first-order valence-electron chi connectivity index (χ1n) is 9.97. The third-order valence-electron chi connectivity index (χ3n) is 6.25. The van der Waals surface area contributed by atoms with Gasteiger partial charge in [0.1, 0.15) is 29.5 Å². The fourth-order valence-corrected chi connectivity index (χ4v) is 4.27. The van der Waals surface area contributed by atoms with E-state index >= 15 is 0 Å². The van der Waals surface area contributed by atoms with Gasteiger partial charge in [0.05, 0.1) is 24.9 Å². The molecule has 9 nitrogen and oxygen atoms in total. The molecule has 32 heavy (non-hydrogen) atoms. The summed E-state index contributed by atoms with van der Waals surface area (Å²) in [5, 5.41) is 27.4. The topological polar surface area (TPSA) is 106 Å². The maximum Gasteiger partial charge on any atom is 0.276 e. The Kier molecular flexibility index (Phi) is 5.23. The highest BCUT2D eigenvalue weighted by atomic mass is 19.1. The molecule has 1 aromatic carbocycles. The average molecular weight is 450 g/mol. The van der Waals surface area contributed by atoms with Crippen molar-refractivity contribution in [2.75, 3.05) is 20.7 Å². The van der Waals surface area contributed by atoms with Crippen molar-refractivity contribution in [3.8, 4) is 0 Å². The first-order valence-corrected chi connectivity index (χ1v) is 9.97. The van der Waals surface area contributed by atoms with Gasteiger partial charge in [0, 0.05) is 25.2 Å².